The largest absolute Gasteiger partial charge is 0.375 e. The van der Waals surface area contributed by atoms with Crippen LogP contribution in [0.15, 0.2) is 34.5 Å². The standard InChI is InChI=1S/C13H15N3O2S2/c14-13-15-12(9-19-13)10-3-5-11(6-4-10)20(17,18)16-7-1-2-8-16/h3-6,9H,1-2,7-8H2,(H2,14,15). The van der Waals surface area contributed by atoms with Crippen molar-refractivity contribution >= 4 is 26.5 Å². The van der Waals surface area contributed by atoms with Gasteiger partial charge in [-0.3, -0.25) is 0 Å². The van der Waals surface area contributed by atoms with E-state index in [1.54, 1.807) is 28.6 Å². The first-order valence-electron chi connectivity index (χ1n) is 6.39. The second-order valence-corrected chi connectivity index (χ2v) is 7.53. The summed E-state index contributed by atoms with van der Waals surface area (Å²) in [6.45, 7) is 1.24. The molecule has 0 unspecified atom stereocenters. The van der Waals surface area contributed by atoms with Crippen LogP contribution in [-0.2, 0) is 10.0 Å². The van der Waals surface area contributed by atoms with Gasteiger partial charge in [0.25, 0.3) is 0 Å². The molecule has 2 aromatic rings. The van der Waals surface area contributed by atoms with Crippen molar-refractivity contribution in [3.05, 3.63) is 29.6 Å². The highest BCUT2D eigenvalue weighted by Gasteiger charge is 2.26. The van der Waals surface area contributed by atoms with Gasteiger partial charge >= 0.3 is 0 Å². The predicted octanol–water partition coefficient (Wildman–Crippen LogP) is 2.18. The maximum absolute atomic E-state index is 12.4. The van der Waals surface area contributed by atoms with Crippen molar-refractivity contribution in [2.75, 3.05) is 18.8 Å². The minimum Gasteiger partial charge on any atom is -0.375 e. The summed E-state index contributed by atoms with van der Waals surface area (Å²) in [5.41, 5.74) is 7.25. The zero-order chi connectivity index (χ0) is 14.2. The number of anilines is 1. The quantitative estimate of drug-likeness (QED) is 0.943. The number of aromatic nitrogens is 1. The maximum atomic E-state index is 12.4. The van der Waals surface area contributed by atoms with Gasteiger partial charge in [-0.2, -0.15) is 4.31 Å². The molecule has 106 valence electrons. The molecule has 0 saturated carbocycles. The van der Waals surface area contributed by atoms with E-state index in [9.17, 15) is 8.42 Å². The summed E-state index contributed by atoms with van der Waals surface area (Å²) in [5, 5.41) is 2.37. The molecule has 2 heterocycles. The van der Waals surface area contributed by atoms with Gasteiger partial charge in [0, 0.05) is 24.0 Å². The van der Waals surface area contributed by atoms with Gasteiger partial charge in [-0.1, -0.05) is 12.1 Å². The average molecular weight is 309 g/mol. The Morgan fingerprint density at radius 3 is 2.35 bits per heavy atom. The zero-order valence-electron chi connectivity index (χ0n) is 10.8. The number of thiazole rings is 1. The number of nitrogens with zero attached hydrogens (tertiary/aromatic N) is 2. The Morgan fingerprint density at radius 1 is 1.15 bits per heavy atom. The predicted molar refractivity (Wildman–Crippen MR) is 80.0 cm³/mol. The van der Waals surface area contributed by atoms with Crippen LogP contribution in [0.4, 0.5) is 5.13 Å². The Morgan fingerprint density at radius 2 is 1.80 bits per heavy atom. The third-order valence-corrected chi connectivity index (χ3v) is 5.96. The lowest BCUT2D eigenvalue weighted by molar-refractivity contribution is 0.477. The van der Waals surface area contributed by atoms with Gasteiger partial charge in [0.1, 0.15) is 0 Å². The molecule has 1 aromatic heterocycles. The molecule has 1 aliphatic rings. The summed E-state index contributed by atoms with van der Waals surface area (Å²) in [6.07, 6.45) is 1.88. The fraction of sp³-hybridized carbons (Fsp3) is 0.308. The Hall–Kier alpha value is -1.44. The van der Waals surface area contributed by atoms with E-state index >= 15 is 0 Å². The van der Waals surface area contributed by atoms with Crippen molar-refractivity contribution in [2.45, 2.75) is 17.7 Å². The lowest BCUT2D eigenvalue weighted by Gasteiger charge is -2.15. The zero-order valence-corrected chi connectivity index (χ0v) is 12.5. The fourth-order valence-corrected chi connectivity index (χ4v) is 4.38. The second-order valence-electron chi connectivity index (χ2n) is 4.71. The fourth-order valence-electron chi connectivity index (χ4n) is 2.30. The Bertz CT molecular complexity index is 701. The summed E-state index contributed by atoms with van der Waals surface area (Å²) >= 11 is 1.37. The Balaban J connectivity index is 1.89. The van der Waals surface area contributed by atoms with Crippen LogP contribution < -0.4 is 5.73 Å². The van der Waals surface area contributed by atoms with Gasteiger partial charge in [-0.15, -0.1) is 11.3 Å². The number of benzene rings is 1. The first kappa shape index (κ1) is 13.5. The number of nitrogen functional groups attached to an aromatic ring is 1. The van der Waals surface area contributed by atoms with Gasteiger partial charge in [-0.25, -0.2) is 13.4 Å². The smallest absolute Gasteiger partial charge is 0.243 e. The molecular weight excluding hydrogens is 294 g/mol. The molecule has 1 fully saturated rings. The summed E-state index contributed by atoms with van der Waals surface area (Å²) in [6, 6.07) is 6.83. The van der Waals surface area contributed by atoms with Crippen LogP contribution >= 0.6 is 11.3 Å². The van der Waals surface area contributed by atoms with Gasteiger partial charge in [0.15, 0.2) is 5.13 Å². The highest BCUT2D eigenvalue weighted by atomic mass is 32.2. The molecule has 0 atom stereocenters. The van der Waals surface area contributed by atoms with Crippen molar-refractivity contribution < 1.29 is 8.42 Å². The normalized spacial score (nSPS) is 16.6. The molecule has 7 heteroatoms. The van der Waals surface area contributed by atoms with Gasteiger partial charge in [0.05, 0.1) is 10.6 Å². The minimum atomic E-state index is -3.34. The molecule has 0 aliphatic carbocycles. The molecular formula is C13H15N3O2S2. The van der Waals surface area contributed by atoms with E-state index in [2.05, 4.69) is 4.98 Å². The number of nitrogens with two attached hydrogens (primary N) is 1. The average Bonchev–Trinajstić information content (AvgIpc) is 3.10. The molecule has 0 radical (unpaired) electrons. The molecule has 1 saturated heterocycles. The van der Waals surface area contributed by atoms with Gasteiger partial charge in [0.2, 0.25) is 10.0 Å². The van der Waals surface area contributed by atoms with Crippen molar-refractivity contribution in [3.8, 4) is 11.3 Å². The van der Waals surface area contributed by atoms with Crippen molar-refractivity contribution in [2.24, 2.45) is 0 Å². The van der Waals surface area contributed by atoms with Crippen molar-refractivity contribution in [3.63, 3.8) is 0 Å². The molecule has 0 spiro atoms. The van der Waals surface area contributed by atoms with Crippen LogP contribution in [0.5, 0.6) is 0 Å². The molecule has 3 rings (SSSR count). The van der Waals surface area contributed by atoms with Crippen molar-refractivity contribution in [1.82, 2.24) is 9.29 Å². The lowest BCUT2D eigenvalue weighted by atomic mass is 10.2. The molecule has 2 N–H and O–H groups in total. The van der Waals surface area contributed by atoms with E-state index in [0.717, 1.165) is 24.1 Å². The number of rotatable bonds is 3. The lowest BCUT2D eigenvalue weighted by Crippen LogP contribution is -2.27. The first-order chi connectivity index (χ1) is 9.57. The highest BCUT2D eigenvalue weighted by molar-refractivity contribution is 7.89. The van der Waals surface area contributed by atoms with E-state index in [0.29, 0.717) is 23.1 Å². The van der Waals surface area contributed by atoms with Crippen LogP contribution in [-0.4, -0.2) is 30.8 Å². The molecule has 20 heavy (non-hydrogen) atoms. The van der Waals surface area contributed by atoms with Gasteiger partial charge < -0.3 is 5.73 Å². The molecule has 1 aromatic carbocycles. The van der Waals surface area contributed by atoms with E-state index in [1.165, 1.54) is 11.3 Å². The topological polar surface area (TPSA) is 76.3 Å². The summed E-state index contributed by atoms with van der Waals surface area (Å²) in [5.74, 6) is 0. The number of sulfonamides is 1. The molecule has 0 amide bonds. The number of hydrogen-bond acceptors (Lipinski definition) is 5. The second kappa shape index (κ2) is 5.16. The van der Waals surface area contributed by atoms with E-state index in [4.69, 9.17) is 5.73 Å². The monoisotopic (exact) mass is 309 g/mol. The highest BCUT2D eigenvalue weighted by Crippen LogP contribution is 2.26. The SMILES string of the molecule is Nc1nc(-c2ccc(S(=O)(=O)N3CCCC3)cc2)cs1. The third-order valence-electron chi connectivity index (χ3n) is 3.37. The van der Waals surface area contributed by atoms with Crippen LogP contribution in [0.2, 0.25) is 0 Å². The Kier molecular flexibility index (Phi) is 3.49. The number of hydrogen-bond donors (Lipinski definition) is 1. The molecule has 0 bridgehead atoms. The summed E-state index contributed by atoms with van der Waals surface area (Å²) in [4.78, 5) is 4.53. The molecule has 1 aliphatic heterocycles. The first-order valence-corrected chi connectivity index (χ1v) is 8.71. The van der Waals surface area contributed by atoms with E-state index < -0.39 is 10.0 Å². The molecule has 5 nitrogen and oxygen atoms in total. The van der Waals surface area contributed by atoms with E-state index in [1.807, 2.05) is 5.38 Å². The van der Waals surface area contributed by atoms with Crippen LogP contribution in [0, 0.1) is 0 Å². The summed E-state index contributed by atoms with van der Waals surface area (Å²) < 4.78 is 26.3. The maximum Gasteiger partial charge on any atom is 0.243 e. The van der Waals surface area contributed by atoms with Gasteiger partial charge in [-0.05, 0) is 25.0 Å². The third kappa shape index (κ3) is 2.44. The van der Waals surface area contributed by atoms with E-state index in [-0.39, 0.29) is 0 Å². The van der Waals surface area contributed by atoms with Crippen molar-refractivity contribution in [1.29, 1.82) is 0 Å². The Labute approximate surface area is 122 Å². The van der Waals surface area contributed by atoms with Crippen LogP contribution in [0.25, 0.3) is 11.3 Å². The summed E-state index contributed by atoms with van der Waals surface area (Å²) in [7, 11) is -3.34. The minimum absolute atomic E-state index is 0.339. The van der Waals surface area contributed by atoms with Crippen LogP contribution in [0.1, 0.15) is 12.8 Å². The van der Waals surface area contributed by atoms with Crippen LogP contribution in [0.3, 0.4) is 0 Å².